The van der Waals surface area contributed by atoms with Crippen molar-refractivity contribution in [2.75, 3.05) is 13.2 Å². The van der Waals surface area contributed by atoms with Crippen LogP contribution in [0.1, 0.15) is 213 Å². The molecule has 0 radical (unpaired) electrons. The number of allylic oxidation sites excluding steroid dienone is 16. The number of carbonyl (C=O) groups is 3. The van der Waals surface area contributed by atoms with Crippen molar-refractivity contribution in [2.24, 2.45) is 0 Å². The Labute approximate surface area is 375 Å². The van der Waals surface area contributed by atoms with Crippen LogP contribution < -0.4 is 0 Å². The maximum absolute atomic E-state index is 12.7. The molecule has 6 nitrogen and oxygen atoms in total. The number of hydrogen-bond donors (Lipinski definition) is 0. The Hall–Kier alpha value is -3.67. The maximum Gasteiger partial charge on any atom is 0.306 e. The summed E-state index contributed by atoms with van der Waals surface area (Å²) in [6, 6.07) is 0. The maximum atomic E-state index is 12.7. The lowest BCUT2D eigenvalue weighted by molar-refractivity contribution is -0.167. The summed E-state index contributed by atoms with van der Waals surface area (Å²) < 4.78 is 16.7. The molecule has 0 aliphatic heterocycles. The molecule has 1 atom stereocenters. The monoisotopic (exact) mass is 847 g/mol. The third-order valence-corrected chi connectivity index (χ3v) is 10.0. The van der Waals surface area contributed by atoms with Crippen LogP contribution in [-0.4, -0.2) is 37.2 Å². The van der Waals surface area contributed by atoms with Crippen LogP contribution in [0.4, 0.5) is 0 Å². The lowest BCUT2D eigenvalue weighted by atomic mass is 10.1. The Kier molecular flexibility index (Phi) is 46.0. The highest BCUT2D eigenvalue weighted by Crippen LogP contribution is 2.13. The van der Waals surface area contributed by atoms with Gasteiger partial charge in [-0.15, -0.1) is 0 Å². The van der Waals surface area contributed by atoms with Crippen molar-refractivity contribution < 1.29 is 28.6 Å². The molecule has 0 rings (SSSR count). The summed E-state index contributed by atoms with van der Waals surface area (Å²) in [7, 11) is 0. The van der Waals surface area contributed by atoms with Crippen LogP contribution in [0.2, 0.25) is 0 Å². The predicted octanol–water partition coefficient (Wildman–Crippen LogP) is 16.2. The standard InChI is InChI=1S/C55H90O6/c1-4-7-10-13-16-19-22-23-24-25-26-27-28-29-30-31-32-33-34-37-39-42-45-48-54(57)60-51-52(61-55(58)49-46-43-40-36-21-18-15-12-9-6-3)50-59-53(56)47-44-41-38-35-20-17-14-11-8-5-2/h7,10-12,14-16,19,23-24,26-27,29-30,32-33,52H,4-6,8-9,13,17-18,20-22,25,28,31,34-51H2,1-3H3/b10-7-,14-11-,15-12-,19-16-,24-23-,27-26-,30-29-,33-32-. The van der Waals surface area contributed by atoms with Crippen molar-refractivity contribution in [3.8, 4) is 0 Å². The molecule has 0 spiro atoms. The van der Waals surface area contributed by atoms with E-state index in [2.05, 4.69) is 118 Å². The first kappa shape index (κ1) is 57.3. The van der Waals surface area contributed by atoms with Gasteiger partial charge >= 0.3 is 17.9 Å². The highest BCUT2D eigenvalue weighted by Gasteiger charge is 2.19. The topological polar surface area (TPSA) is 78.9 Å². The van der Waals surface area contributed by atoms with Gasteiger partial charge in [-0.3, -0.25) is 14.4 Å². The van der Waals surface area contributed by atoms with Gasteiger partial charge in [0.05, 0.1) is 0 Å². The summed E-state index contributed by atoms with van der Waals surface area (Å²) in [4.78, 5) is 37.8. The van der Waals surface area contributed by atoms with Crippen molar-refractivity contribution in [1.82, 2.24) is 0 Å². The van der Waals surface area contributed by atoms with E-state index in [0.717, 1.165) is 148 Å². The fraction of sp³-hybridized carbons (Fsp3) is 0.655. The van der Waals surface area contributed by atoms with Crippen molar-refractivity contribution in [1.29, 1.82) is 0 Å². The Balaban J connectivity index is 4.34. The van der Waals surface area contributed by atoms with Crippen LogP contribution in [0.5, 0.6) is 0 Å². The molecule has 0 heterocycles. The molecule has 0 saturated carbocycles. The highest BCUT2D eigenvalue weighted by molar-refractivity contribution is 5.71. The van der Waals surface area contributed by atoms with E-state index in [4.69, 9.17) is 14.2 Å². The average molecular weight is 847 g/mol. The number of carbonyl (C=O) groups excluding carboxylic acids is 3. The van der Waals surface area contributed by atoms with E-state index in [1.807, 2.05) is 0 Å². The fourth-order valence-electron chi connectivity index (χ4n) is 6.33. The molecule has 0 fully saturated rings. The largest absolute Gasteiger partial charge is 0.462 e. The number of rotatable bonds is 43. The summed E-state index contributed by atoms with van der Waals surface area (Å²) in [5, 5.41) is 0. The van der Waals surface area contributed by atoms with Gasteiger partial charge in [0.1, 0.15) is 13.2 Å². The van der Waals surface area contributed by atoms with Crippen molar-refractivity contribution >= 4 is 17.9 Å². The second kappa shape index (κ2) is 49.0. The molecule has 0 N–H and O–H groups in total. The van der Waals surface area contributed by atoms with E-state index in [1.54, 1.807) is 0 Å². The Morgan fingerprint density at radius 1 is 0.344 bits per heavy atom. The number of unbranched alkanes of at least 4 members (excludes halogenated alkanes) is 16. The van der Waals surface area contributed by atoms with Crippen LogP contribution in [0.25, 0.3) is 0 Å². The summed E-state index contributed by atoms with van der Waals surface area (Å²) in [5.74, 6) is -0.950. The van der Waals surface area contributed by atoms with E-state index < -0.39 is 6.10 Å². The van der Waals surface area contributed by atoms with Crippen LogP contribution in [0.15, 0.2) is 97.2 Å². The fourth-order valence-corrected chi connectivity index (χ4v) is 6.33. The van der Waals surface area contributed by atoms with Crippen LogP contribution in [0.3, 0.4) is 0 Å². The second-order valence-electron chi connectivity index (χ2n) is 16.0. The normalized spacial score (nSPS) is 12.9. The van der Waals surface area contributed by atoms with Gasteiger partial charge in [-0.25, -0.2) is 0 Å². The Morgan fingerprint density at radius 2 is 0.639 bits per heavy atom. The van der Waals surface area contributed by atoms with Gasteiger partial charge < -0.3 is 14.2 Å². The second-order valence-corrected chi connectivity index (χ2v) is 16.0. The van der Waals surface area contributed by atoms with Gasteiger partial charge in [0, 0.05) is 19.3 Å². The molecule has 6 heteroatoms. The summed E-state index contributed by atoms with van der Waals surface area (Å²) in [5.41, 5.74) is 0. The zero-order valence-corrected chi connectivity index (χ0v) is 39.4. The molecule has 0 aromatic heterocycles. The quantitative estimate of drug-likeness (QED) is 0.0263. The molecule has 0 aromatic carbocycles. The molecule has 0 aliphatic rings. The van der Waals surface area contributed by atoms with Gasteiger partial charge in [-0.2, -0.15) is 0 Å². The smallest absolute Gasteiger partial charge is 0.306 e. The third-order valence-electron chi connectivity index (χ3n) is 10.0. The summed E-state index contributed by atoms with van der Waals surface area (Å²) >= 11 is 0. The molecule has 0 bridgehead atoms. The van der Waals surface area contributed by atoms with Crippen LogP contribution >= 0.6 is 0 Å². The number of ether oxygens (including phenoxy) is 3. The van der Waals surface area contributed by atoms with Crippen molar-refractivity contribution in [3.63, 3.8) is 0 Å². The van der Waals surface area contributed by atoms with Crippen molar-refractivity contribution in [2.45, 2.75) is 219 Å². The minimum atomic E-state index is -0.794. The average Bonchev–Trinajstić information content (AvgIpc) is 3.26. The van der Waals surface area contributed by atoms with E-state index in [-0.39, 0.29) is 31.1 Å². The first-order chi connectivity index (χ1) is 30.0. The highest BCUT2D eigenvalue weighted by atomic mass is 16.6. The molecule has 0 saturated heterocycles. The molecule has 0 amide bonds. The summed E-state index contributed by atoms with van der Waals surface area (Å²) in [6.07, 6.45) is 64.0. The number of hydrogen-bond acceptors (Lipinski definition) is 6. The van der Waals surface area contributed by atoms with Crippen LogP contribution in [0, 0.1) is 0 Å². The first-order valence-corrected chi connectivity index (χ1v) is 24.7. The van der Waals surface area contributed by atoms with E-state index >= 15 is 0 Å². The minimum Gasteiger partial charge on any atom is -0.462 e. The third kappa shape index (κ3) is 47.2. The molecule has 346 valence electrons. The lowest BCUT2D eigenvalue weighted by Gasteiger charge is -2.18. The zero-order valence-electron chi connectivity index (χ0n) is 39.4. The van der Waals surface area contributed by atoms with Crippen LogP contribution in [-0.2, 0) is 28.6 Å². The first-order valence-electron chi connectivity index (χ1n) is 24.7. The molecular weight excluding hydrogens is 757 g/mol. The number of esters is 3. The van der Waals surface area contributed by atoms with E-state index in [0.29, 0.717) is 19.3 Å². The molecule has 0 aliphatic carbocycles. The SMILES string of the molecule is CC/C=C\C/C=C\C/C=C\C/C=C\C/C=C\C/C=C\CCCCCCC(=O)OCC(COC(=O)CCCCCCC/C=C\CCC)OC(=O)CCCCCCC/C=C\CCC. The molecule has 1 unspecified atom stereocenters. The Morgan fingerprint density at radius 3 is 1.02 bits per heavy atom. The van der Waals surface area contributed by atoms with E-state index in [9.17, 15) is 14.4 Å². The minimum absolute atomic E-state index is 0.0951. The van der Waals surface area contributed by atoms with Gasteiger partial charge in [0.2, 0.25) is 0 Å². The molecule has 0 aromatic rings. The van der Waals surface area contributed by atoms with Gasteiger partial charge in [0.25, 0.3) is 0 Å². The van der Waals surface area contributed by atoms with Gasteiger partial charge in [-0.1, -0.05) is 182 Å². The predicted molar refractivity (Wildman–Crippen MR) is 260 cm³/mol. The molecular formula is C55H90O6. The summed E-state index contributed by atoms with van der Waals surface area (Å²) in [6.45, 7) is 6.34. The zero-order chi connectivity index (χ0) is 44.4. The lowest BCUT2D eigenvalue weighted by Crippen LogP contribution is -2.30. The van der Waals surface area contributed by atoms with E-state index in [1.165, 1.54) is 25.7 Å². The van der Waals surface area contributed by atoms with Gasteiger partial charge in [0.15, 0.2) is 6.10 Å². The Bertz CT molecular complexity index is 1250. The van der Waals surface area contributed by atoms with Gasteiger partial charge in [-0.05, 0) is 109 Å². The van der Waals surface area contributed by atoms with Crippen molar-refractivity contribution in [3.05, 3.63) is 97.2 Å². The molecule has 61 heavy (non-hydrogen) atoms.